The van der Waals surface area contributed by atoms with Crippen LogP contribution in [0.15, 0.2) is 0 Å². The van der Waals surface area contributed by atoms with Gasteiger partial charge in [0.1, 0.15) is 11.6 Å². The molecule has 17 heavy (non-hydrogen) atoms. The van der Waals surface area contributed by atoms with Gasteiger partial charge in [0, 0.05) is 12.6 Å². The Labute approximate surface area is 102 Å². The number of nitrogens with zero attached hydrogens (tertiary/aromatic N) is 3. The number of nitriles is 1. The Kier molecular flexibility index (Phi) is 4.85. The van der Waals surface area contributed by atoms with Crippen LogP contribution in [0.3, 0.4) is 0 Å². The molecule has 0 aromatic carbocycles. The standard InChI is InChI=1S/C12H19N5/c1-4-9-10(6-13)12(15-7-8(3)14)17-16-11(9)5-2/h8H,4-5,7,14H2,1-3H3,(H,15,17). The zero-order valence-electron chi connectivity index (χ0n) is 10.6. The molecule has 0 bridgehead atoms. The molecule has 1 unspecified atom stereocenters. The molecule has 3 N–H and O–H groups in total. The highest BCUT2D eigenvalue weighted by atomic mass is 15.2. The molecule has 5 heteroatoms. The first-order valence-electron chi connectivity index (χ1n) is 5.91. The van der Waals surface area contributed by atoms with Gasteiger partial charge in [0.15, 0.2) is 5.82 Å². The molecule has 0 aliphatic carbocycles. The summed E-state index contributed by atoms with van der Waals surface area (Å²) in [7, 11) is 0. The quantitative estimate of drug-likeness (QED) is 0.798. The third-order valence-electron chi connectivity index (χ3n) is 2.55. The third kappa shape index (κ3) is 3.14. The van der Waals surface area contributed by atoms with E-state index >= 15 is 0 Å². The molecule has 92 valence electrons. The van der Waals surface area contributed by atoms with Crippen LogP contribution >= 0.6 is 0 Å². The number of aryl methyl sites for hydroxylation is 1. The molecular formula is C12H19N5. The van der Waals surface area contributed by atoms with Crippen molar-refractivity contribution in [1.29, 1.82) is 5.26 Å². The van der Waals surface area contributed by atoms with E-state index in [2.05, 4.69) is 21.6 Å². The SMILES string of the molecule is CCc1nnc(NCC(C)N)c(C#N)c1CC. The molecule has 1 atom stereocenters. The maximum atomic E-state index is 9.23. The highest BCUT2D eigenvalue weighted by Crippen LogP contribution is 2.19. The summed E-state index contributed by atoms with van der Waals surface area (Å²) in [4.78, 5) is 0. The van der Waals surface area contributed by atoms with Crippen molar-refractivity contribution in [3.63, 3.8) is 0 Å². The van der Waals surface area contributed by atoms with Crippen molar-refractivity contribution in [3.8, 4) is 6.07 Å². The molecule has 1 heterocycles. The number of rotatable bonds is 5. The van der Waals surface area contributed by atoms with Gasteiger partial charge in [-0.15, -0.1) is 5.10 Å². The van der Waals surface area contributed by atoms with Crippen LogP contribution in [-0.4, -0.2) is 22.8 Å². The van der Waals surface area contributed by atoms with Crippen molar-refractivity contribution in [2.24, 2.45) is 5.73 Å². The lowest BCUT2D eigenvalue weighted by atomic mass is 10.0. The fourth-order valence-corrected chi connectivity index (χ4v) is 1.67. The lowest BCUT2D eigenvalue weighted by molar-refractivity contribution is 0.770. The Hall–Kier alpha value is -1.67. The number of nitrogens with one attached hydrogen (secondary N) is 1. The van der Waals surface area contributed by atoms with Crippen LogP contribution in [0.1, 0.15) is 37.6 Å². The Morgan fingerprint density at radius 3 is 2.53 bits per heavy atom. The normalized spacial score (nSPS) is 11.9. The fraction of sp³-hybridized carbons (Fsp3) is 0.583. The highest BCUT2D eigenvalue weighted by Gasteiger charge is 2.13. The minimum Gasteiger partial charge on any atom is -0.366 e. The molecular weight excluding hydrogens is 214 g/mol. The zero-order valence-corrected chi connectivity index (χ0v) is 10.6. The average molecular weight is 233 g/mol. The summed E-state index contributed by atoms with van der Waals surface area (Å²) in [6.45, 7) is 6.51. The first-order chi connectivity index (χ1) is 8.13. The van der Waals surface area contributed by atoms with Gasteiger partial charge in [-0.2, -0.15) is 10.4 Å². The van der Waals surface area contributed by atoms with E-state index in [4.69, 9.17) is 5.73 Å². The second-order valence-electron chi connectivity index (χ2n) is 4.03. The van der Waals surface area contributed by atoms with E-state index in [0.29, 0.717) is 17.9 Å². The van der Waals surface area contributed by atoms with Crippen LogP contribution in [0.25, 0.3) is 0 Å². The van der Waals surface area contributed by atoms with E-state index in [1.807, 2.05) is 20.8 Å². The molecule has 0 aliphatic heterocycles. The van der Waals surface area contributed by atoms with Gasteiger partial charge in [-0.05, 0) is 25.3 Å². The number of nitrogens with two attached hydrogens (primary N) is 1. The van der Waals surface area contributed by atoms with Gasteiger partial charge in [0.05, 0.1) is 5.69 Å². The van der Waals surface area contributed by atoms with Gasteiger partial charge in [0.2, 0.25) is 0 Å². The Morgan fingerprint density at radius 2 is 2.06 bits per heavy atom. The molecule has 0 aliphatic rings. The minimum absolute atomic E-state index is 0.0132. The van der Waals surface area contributed by atoms with Gasteiger partial charge < -0.3 is 11.1 Å². The van der Waals surface area contributed by atoms with Crippen LogP contribution in [-0.2, 0) is 12.8 Å². The fourth-order valence-electron chi connectivity index (χ4n) is 1.67. The largest absolute Gasteiger partial charge is 0.366 e. The third-order valence-corrected chi connectivity index (χ3v) is 2.55. The van der Waals surface area contributed by atoms with E-state index in [-0.39, 0.29) is 6.04 Å². The van der Waals surface area contributed by atoms with E-state index in [9.17, 15) is 5.26 Å². The van der Waals surface area contributed by atoms with Gasteiger partial charge in [-0.1, -0.05) is 13.8 Å². The van der Waals surface area contributed by atoms with E-state index in [1.54, 1.807) is 0 Å². The number of hydrogen-bond donors (Lipinski definition) is 2. The summed E-state index contributed by atoms with van der Waals surface area (Å²) in [6, 6.07) is 2.22. The molecule has 1 aromatic heterocycles. The maximum Gasteiger partial charge on any atom is 0.166 e. The summed E-state index contributed by atoms with van der Waals surface area (Å²) >= 11 is 0. The minimum atomic E-state index is 0.0132. The van der Waals surface area contributed by atoms with Crippen molar-refractivity contribution >= 4 is 5.82 Å². The second kappa shape index (κ2) is 6.16. The van der Waals surface area contributed by atoms with Gasteiger partial charge >= 0.3 is 0 Å². The molecule has 0 fully saturated rings. The monoisotopic (exact) mass is 233 g/mol. The molecule has 0 amide bonds. The van der Waals surface area contributed by atoms with Crippen molar-refractivity contribution in [1.82, 2.24) is 10.2 Å². The Balaban J connectivity index is 3.11. The number of hydrogen-bond acceptors (Lipinski definition) is 5. The van der Waals surface area contributed by atoms with E-state index < -0.39 is 0 Å². The predicted molar refractivity (Wildman–Crippen MR) is 67.6 cm³/mol. The van der Waals surface area contributed by atoms with Gasteiger partial charge in [-0.25, -0.2) is 0 Å². The second-order valence-corrected chi connectivity index (χ2v) is 4.03. The van der Waals surface area contributed by atoms with Crippen LogP contribution in [0.4, 0.5) is 5.82 Å². The zero-order chi connectivity index (χ0) is 12.8. The molecule has 0 radical (unpaired) electrons. The smallest absolute Gasteiger partial charge is 0.166 e. The highest BCUT2D eigenvalue weighted by molar-refractivity contribution is 5.56. The van der Waals surface area contributed by atoms with Crippen molar-refractivity contribution in [2.75, 3.05) is 11.9 Å². The molecule has 5 nitrogen and oxygen atoms in total. The summed E-state index contributed by atoms with van der Waals surface area (Å²) < 4.78 is 0. The lowest BCUT2D eigenvalue weighted by Crippen LogP contribution is -2.26. The van der Waals surface area contributed by atoms with E-state index in [0.717, 1.165) is 24.1 Å². The topological polar surface area (TPSA) is 87.6 Å². The molecule has 1 aromatic rings. The molecule has 0 saturated carbocycles. The first kappa shape index (κ1) is 13.4. The van der Waals surface area contributed by atoms with Crippen LogP contribution in [0.5, 0.6) is 0 Å². The van der Waals surface area contributed by atoms with E-state index in [1.165, 1.54) is 0 Å². The first-order valence-corrected chi connectivity index (χ1v) is 5.91. The molecule has 0 spiro atoms. The van der Waals surface area contributed by atoms with Gasteiger partial charge in [0.25, 0.3) is 0 Å². The Bertz CT molecular complexity index is 420. The number of aromatic nitrogens is 2. The van der Waals surface area contributed by atoms with Crippen LogP contribution < -0.4 is 11.1 Å². The van der Waals surface area contributed by atoms with Crippen molar-refractivity contribution in [3.05, 3.63) is 16.8 Å². The summed E-state index contributed by atoms with van der Waals surface area (Å²) in [5.74, 6) is 0.541. The lowest BCUT2D eigenvalue weighted by Gasteiger charge is -2.13. The number of anilines is 1. The van der Waals surface area contributed by atoms with Gasteiger partial charge in [-0.3, -0.25) is 0 Å². The van der Waals surface area contributed by atoms with Crippen molar-refractivity contribution in [2.45, 2.75) is 39.7 Å². The maximum absolute atomic E-state index is 9.23. The molecule has 1 rings (SSSR count). The van der Waals surface area contributed by atoms with Crippen molar-refractivity contribution < 1.29 is 0 Å². The Morgan fingerprint density at radius 1 is 1.35 bits per heavy atom. The van der Waals surface area contributed by atoms with Crippen LogP contribution in [0.2, 0.25) is 0 Å². The summed E-state index contributed by atoms with van der Waals surface area (Å²) in [5.41, 5.74) is 8.14. The van der Waals surface area contributed by atoms with Crippen LogP contribution in [0, 0.1) is 11.3 Å². The average Bonchev–Trinajstić information content (AvgIpc) is 2.34. The molecule has 0 saturated heterocycles. The summed E-state index contributed by atoms with van der Waals surface area (Å²) in [5, 5.41) is 20.5. The summed E-state index contributed by atoms with van der Waals surface area (Å²) in [6.07, 6.45) is 1.58. The predicted octanol–water partition coefficient (Wildman–Crippen LogP) is 1.23.